The van der Waals surface area contributed by atoms with Crippen molar-refractivity contribution in [2.45, 2.75) is 51.4 Å². The molecule has 3 heteroatoms. The number of aromatic hydroxyl groups is 1. The number of benzene rings is 1. The minimum atomic E-state index is 0.298. The molecule has 1 aromatic carbocycles. The van der Waals surface area contributed by atoms with Crippen LogP contribution in [0.5, 0.6) is 5.75 Å². The van der Waals surface area contributed by atoms with Gasteiger partial charge in [-0.3, -0.25) is 4.90 Å². The third-order valence-electron chi connectivity index (χ3n) is 4.34. The normalized spacial score (nSPS) is 32.0. The van der Waals surface area contributed by atoms with Crippen LogP contribution in [-0.4, -0.2) is 35.3 Å². The van der Waals surface area contributed by atoms with Crippen LogP contribution >= 0.6 is 0 Å². The number of phenolic OH excluding ortho intramolecular Hbond substituents is 1. The van der Waals surface area contributed by atoms with Gasteiger partial charge in [-0.15, -0.1) is 0 Å². The zero-order valence-corrected chi connectivity index (χ0v) is 11.8. The van der Waals surface area contributed by atoms with Crippen molar-refractivity contribution in [1.29, 1.82) is 0 Å². The maximum absolute atomic E-state index is 10.0. The van der Waals surface area contributed by atoms with Gasteiger partial charge in [-0.1, -0.05) is 12.1 Å². The third-order valence-corrected chi connectivity index (χ3v) is 4.34. The van der Waals surface area contributed by atoms with Crippen molar-refractivity contribution in [1.82, 2.24) is 4.90 Å². The molecule has 1 N–H and O–H groups in total. The maximum atomic E-state index is 10.0. The van der Waals surface area contributed by atoms with Crippen molar-refractivity contribution in [3.63, 3.8) is 0 Å². The fourth-order valence-electron chi connectivity index (χ4n) is 3.66. The predicted molar refractivity (Wildman–Crippen MR) is 75.4 cm³/mol. The summed E-state index contributed by atoms with van der Waals surface area (Å²) < 4.78 is 5.83. The van der Waals surface area contributed by atoms with Gasteiger partial charge in [-0.25, -0.2) is 0 Å². The van der Waals surface area contributed by atoms with E-state index in [0.717, 1.165) is 31.5 Å². The van der Waals surface area contributed by atoms with Crippen molar-refractivity contribution in [3.8, 4) is 5.75 Å². The number of hydrogen-bond acceptors (Lipinski definition) is 3. The molecule has 0 saturated carbocycles. The number of hydrogen-bond donors (Lipinski definition) is 1. The highest BCUT2D eigenvalue weighted by molar-refractivity contribution is 5.42. The lowest BCUT2D eigenvalue weighted by Crippen LogP contribution is -2.47. The molecule has 2 aliphatic rings. The van der Waals surface area contributed by atoms with E-state index in [9.17, 15) is 5.11 Å². The summed E-state index contributed by atoms with van der Waals surface area (Å²) in [5, 5.41) is 10.0. The first kappa shape index (κ1) is 12.9. The Hall–Kier alpha value is -1.06. The molecule has 3 atom stereocenters. The highest BCUT2D eigenvalue weighted by Crippen LogP contribution is 2.39. The Kier molecular flexibility index (Phi) is 3.50. The number of nitrogens with zero attached hydrogens (tertiary/aromatic N) is 1. The molecule has 1 aromatic rings. The first-order valence-corrected chi connectivity index (χ1v) is 7.35. The summed E-state index contributed by atoms with van der Waals surface area (Å²) in [6, 6.07) is 6.42. The standard InChI is InChI=1S/C16H23NO2/c1-11-9-17(10-12(2)19-11)15-7-3-6-14-13(15)5-4-8-16(14)18/h4-5,8,11-12,15,18H,3,6-7,9-10H2,1-2H3/t11-,12+,15?. The van der Waals surface area contributed by atoms with Crippen molar-refractivity contribution in [2.75, 3.05) is 13.1 Å². The lowest BCUT2D eigenvalue weighted by Gasteiger charge is -2.42. The van der Waals surface area contributed by atoms with Crippen LogP contribution in [0.25, 0.3) is 0 Å². The van der Waals surface area contributed by atoms with E-state index in [0.29, 0.717) is 24.0 Å². The van der Waals surface area contributed by atoms with E-state index >= 15 is 0 Å². The largest absolute Gasteiger partial charge is 0.508 e. The first-order valence-electron chi connectivity index (χ1n) is 7.35. The van der Waals surface area contributed by atoms with E-state index < -0.39 is 0 Å². The zero-order valence-electron chi connectivity index (χ0n) is 11.8. The van der Waals surface area contributed by atoms with Crippen LogP contribution in [0.4, 0.5) is 0 Å². The molecule has 1 fully saturated rings. The first-order chi connectivity index (χ1) is 9.15. The van der Waals surface area contributed by atoms with Crippen LogP contribution in [0.15, 0.2) is 18.2 Å². The topological polar surface area (TPSA) is 32.7 Å². The van der Waals surface area contributed by atoms with Gasteiger partial charge in [0.25, 0.3) is 0 Å². The smallest absolute Gasteiger partial charge is 0.119 e. The quantitative estimate of drug-likeness (QED) is 0.843. The summed E-state index contributed by atoms with van der Waals surface area (Å²) in [5.74, 6) is 0.469. The monoisotopic (exact) mass is 261 g/mol. The second-order valence-corrected chi connectivity index (χ2v) is 5.96. The number of rotatable bonds is 1. The maximum Gasteiger partial charge on any atom is 0.119 e. The van der Waals surface area contributed by atoms with Gasteiger partial charge in [0, 0.05) is 19.1 Å². The van der Waals surface area contributed by atoms with E-state index in [1.807, 2.05) is 12.1 Å². The lowest BCUT2D eigenvalue weighted by atomic mass is 9.85. The predicted octanol–water partition coefficient (Wildman–Crippen LogP) is 2.88. The number of ether oxygens (including phenoxy) is 1. The van der Waals surface area contributed by atoms with Crippen molar-refractivity contribution < 1.29 is 9.84 Å². The van der Waals surface area contributed by atoms with Crippen LogP contribution in [-0.2, 0) is 11.2 Å². The Labute approximate surface area is 115 Å². The second kappa shape index (κ2) is 5.14. The third kappa shape index (κ3) is 2.49. The molecule has 1 unspecified atom stereocenters. The summed E-state index contributed by atoms with van der Waals surface area (Å²) in [5.41, 5.74) is 2.48. The molecule has 0 amide bonds. The SMILES string of the molecule is C[C@@H]1CN(C2CCCc3c(O)cccc32)C[C@H](C)O1. The second-order valence-electron chi connectivity index (χ2n) is 5.96. The van der Waals surface area contributed by atoms with Crippen LogP contribution < -0.4 is 0 Å². The van der Waals surface area contributed by atoms with Gasteiger partial charge in [-0.2, -0.15) is 0 Å². The van der Waals surface area contributed by atoms with Gasteiger partial charge >= 0.3 is 0 Å². The molecule has 3 rings (SSSR count). The molecule has 1 saturated heterocycles. The van der Waals surface area contributed by atoms with E-state index in [4.69, 9.17) is 4.74 Å². The van der Waals surface area contributed by atoms with Gasteiger partial charge in [0.15, 0.2) is 0 Å². The van der Waals surface area contributed by atoms with Gasteiger partial charge in [-0.05, 0) is 50.3 Å². The molecule has 1 aliphatic carbocycles. The molecule has 1 aliphatic heterocycles. The molecule has 0 bridgehead atoms. The van der Waals surface area contributed by atoms with Gasteiger partial charge < -0.3 is 9.84 Å². The molecule has 0 aromatic heterocycles. The Morgan fingerprint density at radius 2 is 1.95 bits per heavy atom. The molecular formula is C16H23NO2. The minimum Gasteiger partial charge on any atom is -0.508 e. The van der Waals surface area contributed by atoms with Crippen molar-refractivity contribution in [3.05, 3.63) is 29.3 Å². The Bertz CT molecular complexity index is 450. The van der Waals surface area contributed by atoms with E-state index in [1.165, 1.54) is 12.0 Å². The highest BCUT2D eigenvalue weighted by atomic mass is 16.5. The van der Waals surface area contributed by atoms with Crippen LogP contribution in [0.1, 0.15) is 43.9 Å². The molecule has 1 heterocycles. The summed E-state index contributed by atoms with van der Waals surface area (Å²) in [6.07, 6.45) is 3.96. The highest BCUT2D eigenvalue weighted by Gasteiger charge is 2.32. The summed E-state index contributed by atoms with van der Waals surface area (Å²) >= 11 is 0. The fraction of sp³-hybridized carbons (Fsp3) is 0.625. The molecule has 19 heavy (non-hydrogen) atoms. The molecule has 0 spiro atoms. The van der Waals surface area contributed by atoms with Gasteiger partial charge in [0.05, 0.1) is 12.2 Å². The Morgan fingerprint density at radius 3 is 2.68 bits per heavy atom. The van der Waals surface area contributed by atoms with E-state index in [1.54, 1.807) is 0 Å². The van der Waals surface area contributed by atoms with Crippen LogP contribution in [0.2, 0.25) is 0 Å². The molecule has 104 valence electrons. The van der Waals surface area contributed by atoms with Crippen molar-refractivity contribution in [2.24, 2.45) is 0 Å². The van der Waals surface area contributed by atoms with Gasteiger partial charge in [0.1, 0.15) is 5.75 Å². The van der Waals surface area contributed by atoms with Crippen LogP contribution in [0.3, 0.4) is 0 Å². The Balaban J connectivity index is 1.89. The molecule has 0 radical (unpaired) electrons. The molecular weight excluding hydrogens is 238 g/mol. The average molecular weight is 261 g/mol. The summed E-state index contributed by atoms with van der Waals surface area (Å²) in [6.45, 7) is 6.28. The number of phenols is 1. The summed E-state index contributed by atoms with van der Waals surface area (Å²) in [4.78, 5) is 2.54. The summed E-state index contributed by atoms with van der Waals surface area (Å²) in [7, 11) is 0. The van der Waals surface area contributed by atoms with Crippen LogP contribution in [0, 0.1) is 0 Å². The zero-order chi connectivity index (χ0) is 13.4. The van der Waals surface area contributed by atoms with Crippen molar-refractivity contribution >= 4 is 0 Å². The Morgan fingerprint density at radius 1 is 1.21 bits per heavy atom. The molecule has 3 nitrogen and oxygen atoms in total. The van der Waals surface area contributed by atoms with E-state index in [-0.39, 0.29) is 0 Å². The fourth-order valence-corrected chi connectivity index (χ4v) is 3.66. The van der Waals surface area contributed by atoms with Gasteiger partial charge in [0.2, 0.25) is 0 Å². The van der Waals surface area contributed by atoms with E-state index in [2.05, 4.69) is 24.8 Å². The lowest BCUT2D eigenvalue weighted by molar-refractivity contribution is -0.0827. The number of morpholine rings is 1. The minimum absolute atomic E-state index is 0.298. The number of fused-ring (bicyclic) bond motifs is 1. The average Bonchev–Trinajstić information content (AvgIpc) is 2.37.